The van der Waals surface area contributed by atoms with Crippen molar-refractivity contribution in [1.29, 1.82) is 0 Å². The van der Waals surface area contributed by atoms with Gasteiger partial charge in [-0.1, -0.05) is 35.9 Å². The third kappa shape index (κ3) is 4.39. The molecule has 1 fully saturated rings. The van der Waals surface area contributed by atoms with Gasteiger partial charge in [-0.05, 0) is 30.7 Å². The van der Waals surface area contributed by atoms with Crippen molar-refractivity contribution in [1.82, 2.24) is 4.90 Å². The van der Waals surface area contributed by atoms with Crippen LogP contribution in [0.2, 0.25) is 0 Å². The summed E-state index contributed by atoms with van der Waals surface area (Å²) in [5, 5.41) is 2.70. The predicted octanol–water partition coefficient (Wildman–Crippen LogP) is 3.22. The van der Waals surface area contributed by atoms with E-state index in [9.17, 15) is 14.0 Å². The fraction of sp³-hybridized carbons (Fsp3) is 0.263. The van der Waals surface area contributed by atoms with E-state index in [1.807, 2.05) is 31.2 Å². The zero-order valence-electron chi connectivity index (χ0n) is 13.9. The van der Waals surface area contributed by atoms with Gasteiger partial charge in [0.15, 0.2) is 0 Å². The zero-order valence-corrected chi connectivity index (χ0v) is 14.7. The second-order valence-electron chi connectivity index (χ2n) is 6.04. The minimum Gasteiger partial charge on any atom is -0.324 e. The van der Waals surface area contributed by atoms with Crippen LogP contribution in [0.25, 0.3) is 0 Å². The Morgan fingerprint density at radius 2 is 2.04 bits per heavy atom. The first-order valence-electron chi connectivity index (χ1n) is 8.02. The van der Waals surface area contributed by atoms with Gasteiger partial charge in [0.1, 0.15) is 11.9 Å². The number of rotatable bonds is 4. The molecule has 1 saturated heterocycles. The molecular weight excluding hydrogens is 339 g/mol. The number of amides is 2. The first-order chi connectivity index (χ1) is 12.0. The summed E-state index contributed by atoms with van der Waals surface area (Å²) in [5.74, 6) is 0.265. The number of halogens is 1. The number of nitrogens with zero attached hydrogens (tertiary/aromatic N) is 1. The van der Waals surface area contributed by atoms with Crippen molar-refractivity contribution in [3.8, 4) is 0 Å². The average molecular weight is 358 g/mol. The zero-order chi connectivity index (χ0) is 17.8. The summed E-state index contributed by atoms with van der Waals surface area (Å²) in [6, 6.07) is 13.0. The maximum atomic E-state index is 13.3. The fourth-order valence-electron chi connectivity index (χ4n) is 2.80. The van der Waals surface area contributed by atoms with Crippen LogP contribution in [0.3, 0.4) is 0 Å². The summed E-state index contributed by atoms with van der Waals surface area (Å²) >= 11 is 1.54. The number of benzene rings is 2. The molecule has 6 heteroatoms. The van der Waals surface area contributed by atoms with Crippen molar-refractivity contribution < 1.29 is 14.0 Å². The smallest absolute Gasteiger partial charge is 0.248 e. The van der Waals surface area contributed by atoms with Crippen LogP contribution in [-0.2, 0) is 16.0 Å². The van der Waals surface area contributed by atoms with Crippen molar-refractivity contribution in [2.45, 2.75) is 19.4 Å². The summed E-state index contributed by atoms with van der Waals surface area (Å²) < 4.78 is 13.3. The average Bonchev–Trinajstić information content (AvgIpc) is 3.04. The van der Waals surface area contributed by atoms with E-state index in [2.05, 4.69) is 5.32 Å². The van der Waals surface area contributed by atoms with E-state index in [1.165, 1.54) is 18.2 Å². The number of hydrogen-bond donors (Lipinski definition) is 1. The number of aryl methyl sites for hydroxylation is 1. The summed E-state index contributed by atoms with van der Waals surface area (Å²) in [5.41, 5.74) is 2.43. The van der Waals surface area contributed by atoms with Gasteiger partial charge in [0.25, 0.3) is 0 Å². The molecule has 1 aliphatic rings. The molecule has 2 aromatic carbocycles. The van der Waals surface area contributed by atoms with Crippen molar-refractivity contribution in [2.75, 3.05) is 16.9 Å². The monoisotopic (exact) mass is 358 g/mol. The van der Waals surface area contributed by atoms with E-state index in [4.69, 9.17) is 0 Å². The molecule has 1 heterocycles. The van der Waals surface area contributed by atoms with E-state index in [0.29, 0.717) is 17.3 Å². The fourth-order valence-corrected chi connectivity index (χ4v) is 3.98. The van der Waals surface area contributed by atoms with Gasteiger partial charge < -0.3 is 10.2 Å². The molecule has 0 aliphatic carbocycles. The molecule has 2 aromatic rings. The molecule has 25 heavy (non-hydrogen) atoms. The lowest BCUT2D eigenvalue weighted by atomic mass is 10.1. The molecule has 0 saturated carbocycles. The minimum atomic E-state index is -0.537. The number of anilines is 1. The van der Waals surface area contributed by atoms with Gasteiger partial charge in [-0.2, -0.15) is 0 Å². The van der Waals surface area contributed by atoms with Crippen LogP contribution in [0.1, 0.15) is 11.1 Å². The maximum Gasteiger partial charge on any atom is 0.248 e. The highest BCUT2D eigenvalue weighted by Gasteiger charge is 2.34. The molecule has 4 nitrogen and oxygen atoms in total. The first-order valence-corrected chi connectivity index (χ1v) is 9.17. The lowest BCUT2D eigenvalue weighted by Gasteiger charge is -2.23. The molecule has 1 atom stereocenters. The topological polar surface area (TPSA) is 49.4 Å². The number of hydrogen-bond acceptors (Lipinski definition) is 3. The number of carbonyl (C=O) groups is 2. The van der Waals surface area contributed by atoms with Crippen molar-refractivity contribution >= 4 is 29.3 Å². The van der Waals surface area contributed by atoms with Gasteiger partial charge in [0, 0.05) is 11.4 Å². The molecule has 0 bridgehead atoms. The lowest BCUT2D eigenvalue weighted by Crippen LogP contribution is -2.45. The van der Waals surface area contributed by atoms with E-state index in [1.54, 1.807) is 22.7 Å². The standard InChI is InChI=1S/C19H19FN2O2S/c1-13-4-2-5-14(8-13)9-18(23)22-12-25-11-17(22)19(24)21-16-7-3-6-15(20)10-16/h2-8,10,17H,9,11-12H2,1H3,(H,21,24). The number of carbonyl (C=O) groups excluding carboxylic acids is 2. The second kappa shape index (κ2) is 7.70. The third-order valence-corrected chi connectivity index (χ3v) is 5.05. The summed E-state index contributed by atoms with van der Waals surface area (Å²) in [4.78, 5) is 26.7. The molecular formula is C19H19FN2O2S. The lowest BCUT2D eigenvalue weighted by molar-refractivity contribution is -0.135. The molecule has 1 N–H and O–H groups in total. The largest absolute Gasteiger partial charge is 0.324 e. The van der Waals surface area contributed by atoms with Crippen LogP contribution in [0.5, 0.6) is 0 Å². The Morgan fingerprint density at radius 1 is 1.24 bits per heavy atom. The molecule has 1 aliphatic heterocycles. The number of nitrogens with one attached hydrogen (secondary N) is 1. The van der Waals surface area contributed by atoms with Gasteiger partial charge in [-0.25, -0.2) is 4.39 Å². The highest BCUT2D eigenvalue weighted by Crippen LogP contribution is 2.23. The summed E-state index contributed by atoms with van der Waals surface area (Å²) in [7, 11) is 0. The van der Waals surface area contributed by atoms with Crippen LogP contribution in [0, 0.1) is 12.7 Å². The van der Waals surface area contributed by atoms with Gasteiger partial charge in [-0.3, -0.25) is 9.59 Å². The second-order valence-corrected chi connectivity index (χ2v) is 7.04. The van der Waals surface area contributed by atoms with Gasteiger partial charge in [-0.15, -0.1) is 11.8 Å². The molecule has 2 amide bonds. The van der Waals surface area contributed by atoms with Crippen LogP contribution in [0.15, 0.2) is 48.5 Å². The van der Waals surface area contributed by atoms with E-state index in [0.717, 1.165) is 11.1 Å². The minimum absolute atomic E-state index is 0.0741. The van der Waals surface area contributed by atoms with E-state index in [-0.39, 0.29) is 18.2 Å². The van der Waals surface area contributed by atoms with Crippen LogP contribution >= 0.6 is 11.8 Å². The highest BCUT2D eigenvalue weighted by molar-refractivity contribution is 7.99. The van der Waals surface area contributed by atoms with Crippen LogP contribution < -0.4 is 5.32 Å². The van der Waals surface area contributed by atoms with Gasteiger partial charge >= 0.3 is 0 Å². The Kier molecular flexibility index (Phi) is 5.38. The molecule has 1 unspecified atom stereocenters. The highest BCUT2D eigenvalue weighted by atomic mass is 32.2. The Hall–Kier alpha value is -2.34. The normalized spacial score (nSPS) is 16.7. The van der Waals surface area contributed by atoms with E-state index < -0.39 is 11.9 Å². The van der Waals surface area contributed by atoms with Gasteiger partial charge in [0.05, 0.1) is 12.3 Å². The molecule has 0 spiro atoms. The molecule has 0 radical (unpaired) electrons. The van der Waals surface area contributed by atoms with Crippen LogP contribution in [0.4, 0.5) is 10.1 Å². The Bertz CT molecular complexity index is 731. The van der Waals surface area contributed by atoms with Crippen molar-refractivity contribution in [3.05, 3.63) is 65.5 Å². The maximum absolute atomic E-state index is 13.3. The Morgan fingerprint density at radius 3 is 2.80 bits per heavy atom. The molecule has 130 valence electrons. The first kappa shape index (κ1) is 17.5. The summed E-state index contributed by atoms with van der Waals surface area (Å²) in [6.45, 7) is 1.98. The number of thioether (sulfide) groups is 1. The van der Waals surface area contributed by atoms with Gasteiger partial charge in [0.2, 0.25) is 11.8 Å². The summed E-state index contributed by atoms with van der Waals surface area (Å²) in [6.07, 6.45) is 0.270. The third-order valence-electron chi connectivity index (χ3n) is 4.04. The Labute approximate surface area is 150 Å². The van der Waals surface area contributed by atoms with E-state index >= 15 is 0 Å². The molecule has 3 rings (SSSR count). The van der Waals surface area contributed by atoms with Crippen LogP contribution in [-0.4, -0.2) is 34.4 Å². The Balaban J connectivity index is 1.67. The van der Waals surface area contributed by atoms with Crippen molar-refractivity contribution in [3.63, 3.8) is 0 Å². The van der Waals surface area contributed by atoms with Crippen molar-refractivity contribution in [2.24, 2.45) is 0 Å². The molecule has 0 aromatic heterocycles. The quantitative estimate of drug-likeness (QED) is 0.913. The SMILES string of the molecule is Cc1cccc(CC(=O)N2CSCC2C(=O)Nc2cccc(F)c2)c1. The predicted molar refractivity (Wildman–Crippen MR) is 97.9 cm³/mol.